The Kier molecular flexibility index (Phi) is 5.41. The van der Waals surface area contributed by atoms with Gasteiger partial charge in [-0.3, -0.25) is 4.79 Å². The number of carbonyl (C=O) groups excluding carboxylic acids is 1. The quantitative estimate of drug-likeness (QED) is 0.832. The first-order valence-electron chi connectivity index (χ1n) is 8.58. The minimum absolute atomic E-state index is 0.0174. The molecule has 3 rings (SSSR count). The van der Waals surface area contributed by atoms with E-state index in [9.17, 15) is 14.7 Å². The van der Waals surface area contributed by atoms with Gasteiger partial charge in [-0.25, -0.2) is 4.79 Å². The van der Waals surface area contributed by atoms with Crippen molar-refractivity contribution in [2.45, 2.75) is 25.8 Å². The fourth-order valence-electron chi connectivity index (χ4n) is 3.00. The number of nitrogens with one attached hydrogen (secondary N) is 1. The van der Waals surface area contributed by atoms with Crippen molar-refractivity contribution in [1.29, 1.82) is 0 Å². The van der Waals surface area contributed by atoms with Crippen LogP contribution in [-0.2, 0) is 11.2 Å². The Morgan fingerprint density at radius 3 is 2.58 bits per heavy atom. The van der Waals surface area contributed by atoms with Crippen molar-refractivity contribution >= 4 is 11.9 Å². The van der Waals surface area contributed by atoms with Crippen LogP contribution in [-0.4, -0.2) is 30.2 Å². The first kappa shape index (κ1) is 17.8. The van der Waals surface area contributed by atoms with Crippen molar-refractivity contribution in [1.82, 2.24) is 5.32 Å². The lowest BCUT2D eigenvalue weighted by Crippen LogP contribution is -2.30. The first-order chi connectivity index (χ1) is 12.6. The van der Waals surface area contributed by atoms with E-state index in [2.05, 4.69) is 5.32 Å². The van der Waals surface area contributed by atoms with Crippen LogP contribution >= 0.6 is 0 Å². The Morgan fingerprint density at radius 1 is 1.12 bits per heavy atom. The number of aromatic carboxylic acids is 1. The van der Waals surface area contributed by atoms with E-state index in [1.54, 1.807) is 18.2 Å². The molecule has 2 aromatic carbocycles. The molecule has 0 saturated heterocycles. The average Bonchev–Trinajstić information content (AvgIpc) is 2.66. The van der Waals surface area contributed by atoms with Gasteiger partial charge in [0.2, 0.25) is 5.91 Å². The van der Waals surface area contributed by atoms with Gasteiger partial charge in [0.25, 0.3) is 0 Å². The van der Waals surface area contributed by atoms with Gasteiger partial charge in [0.05, 0.1) is 18.0 Å². The summed E-state index contributed by atoms with van der Waals surface area (Å²) in [5.74, 6) is 0.127. The standard InChI is InChI=1S/C20H21NO5/c1-2-16(14-7-8-17-18(11-14)26-10-9-25-17)21-19(22)12-13-5-3-4-6-15(13)20(23)24/h3-8,11,16H,2,9-10,12H2,1H3,(H,21,22)(H,23,24). The van der Waals surface area contributed by atoms with Crippen LogP contribution in [0.1, 0.15) is 40.9 Å². The molecule has 0 spiro atoms. The number of carboxylic acids is 1. The number of carboxylic acid groups (broad SMARTS) is 1. The molecule has 2 N–H and O–H groups in total. The van der Waals surface area contributed by atoms with Crippen LogP contribution in [0, 0.1) is 0 Å². The lowest BCUT2D eigenvalue weighted by atomic mass is 10.0. The Balaban J connectivity index is 1.72. The van der Waals surface area contributed by atoms with Crippen molar-refractivity contribution in [2.75, 3.05) is 13.2 Å². The molecule has 0 aliphatic carbocycles. The van der Waals surface area contributed by atoms with E-state index in [4.69, 9.17) is 9.47 Å². The molecule has 0 radical (unpaired) electrons. The zero-order valence-electron chi connectivity index (χ0n) is 14.5. The van der Waals surface area contributed by atoms with Crippen LogP contribution in [0.25, 0.3) is 0 Å². The SMILES string of the molecule is CCC(NC(=O)Cc1ccccc1C(=O)O)c1ccc2c(c1)OCCO2. The highest BCUT2D eigenvalue weighted by Crippen LogP contribution is 2.33. The van der Waals surface area contributed by atoms with Crippen LogP contribution in [0.4, 0.5) is 0 Å². The van der Waals surface area contributed by atoms with Crippen molar-refractivity contribution in [3.63, 3.8) is 0 Å². The Hall–Kier alpha value is -3.02. The smallest absolute Gasteiger partial charge is 0.335 e. The monoisotopic (exact) mass is 355 g/mol. The molecule has 0 saturated carbocycles. The summed E-state index contributed by atoms with van der Waals surface area (Å²) in [6, 6.07) is 12.0. The van der Waals surface area contributed by atoms with Gasteiger partial charge in [0.1, 0.15) is 13.2 Å². The molecule has 1 unspecified atom stereocenters. The first-order valence-corrected chi connectivity index (χ1v) is 8.58. The van der Waals surface area contributed by atoms with E-state index in [0.29, 0.717) is 36.7 Å². The molecule has 26 heavy (non-hydrogen) atoms. The number of fused-ring (bicyclic) bond motifs is 1. The third-order valence-electron chi connectivity index (χ3n) is 4.31. The summed E-state index contributed by atoms with van der Waals surface area (Å²) in [5, 5.41) is 12.2. The van der Waals surface area contributed by atoms with E-state index in [1.165, 1.54) is 6.07 Å². The molecular weight excluding hydrogens is 334 g/mol. The summed E-state index contributed by atoms with van der Waals surface area (Å²) in [5.41, 5.74) is 1.57. The Labute approximate surface area is 151 Å². The largest absolute Gasteiger partial charge is 0.486 e. The molecular formula is C20H21NO5. The summed E-state index contributed by atoms with van der Waals surface area (Å²) in [7, 11) is 0. The van der Waals surface area contributed by atoms with Gasteiger partial charge >= 0.3 is 5.97 Å². The van der Waals surface area contributed by atoms with Crippen LogP contribution < -0.4 is 14.8 Å². The second-order valence-electron chi connectivity index (χ2n) is 6.07. The summed E-state index contributed by atoms with van der Waals surface area (Å²) in [6.07, 6.45) is 0.718. The summed E-state index contributed by atoms with van der Waals surface area (Å²) >= 11 is 0. The number of hydrogen-bond donors (Lipinski definition) is 2. The molecule has 0 fully saturated rings. The van der Waals surface area contributed by atoms with Crippen molar-refractivity contribution < 1.29 is 24.2 Å². The summed E-state index contributed by atoms with van der Waals surface area (Å²) < 4.78 is 11.1. The highest BCUT2D eigenvalue weighted by molar-refractivity contribution is 5.91. The highest BCUT2D eigenvalue weighted by atomic mass is 16.6. The van der Waals surface area contributed by atoms with Crippen molar-refractivity contribution in [3.8, 4) is 11.5 Å². The van der Waals surface area contributed by atoms with Crippen molar-refractivity contribution in [3.05, 3.63) is 59.2 Å². The van der Waals surface area contributed by atoms with Crippen LogP contribution in [0.3, 0.4) is 0 Å². The predicted octanol–water partition coefficient (Wildman–Crippen LogP) is 2.97. The molecule has 136 valence electrons. The van der Waals surface area contributed by atoms with Gasteiger partial charge in [0.15, 0.2) is 11.5 Å². The lowest BCUT2D eigenvalue weighted by molar-refractivity contribution is -0.121. The Bertz CT molecular complexity index is 818. The van der Waals surface area contributed by atoms with E-state index in [-0.39, 0.29) is 23.9 Å². The summed E-state index contributed by atoms with van der Waals surface area (Å²) in [6.45, 7) is 3.02. The predicted molar refractivity (Wildman–Crippen MR) is 95.7 cm³/mol. The molecule has 1 aliphatic heterocycles. The van der Waals surface area contributed by atoms with Crippen LogP contribution in [0.15, 0.2) is 42.5 Å². The maximum absolute atomic E-state index is 12.5. The van der Waals surface area contributed by atoms with Crippen LogP contribution in [0.2, 0.25) is 0 Å². The van der Waals surface area contributed by atoms with Gasteiger partial charge in [-0.15, -0.1) is 0 Å². The number of amides is 1. The Morgan fingerprint density at radius 2 is 1.85 bits per heavy atom. The van der Waals surface area contributed by atoms with E-state index < -0.39 is 5.97 Å². The molecule has 1 amide bonds. The number of benzene rings is 2. The van der Waals surface area contributed by atoms with Gasteiger partial charge in [-0.2, -0.15) is 0 Å². The van der Waals surface area contributed by atoms with Crippen molar-refractivity contribution in [2.24, 2.45) is 0 Å². The normalized spacial score (nSPS) is 13.7. The molecule has 6 heteroatoms. The molecule has 0 aromatic heterocycles. The highest BCUT2D eigenvalue weighted by Gasteiger charge is 2.19. The minimum atomic E-state index is -1.03. The third kappa shape index (κ3) is 3.96. The van der Waals surface area contributed by atoms with Gasteiger partial charge < -0.3 is 19.9 Å². The second kappa shape index (κ2) is 7.91. The molecule has 2 aromatic rings. The third-order valence-corrected chi connectivity index (χ3v) is 4.31. The zero-order valence-corrected chi connectivity index (χ0v) is 14.5. The minimum Gasteiger partial charge on any atom is -0.486 e. The molecule has 1 aliphatic rings. The number of hydrogen-bond acceptors (Lipinski definition) is 4. The van der Waals surface area contributed by atoms with Crippen LogP contribution in [0.5, 0.6) is 11.5 Å². The van der Waals surface area contributed by atoms with Gasteiger partial charge in [0, 0.05) is 0 Å². The van der Waals surface area contributed by atoms with Gasteiger partial charge in [-0.1, -0.05) is 31.2 Å². The topological polar surface area (TPSA) is 84.9 Å². The van der Waals surface area contributed by atoms with Gasteiger partial charge in [-0.05, 0) is 35.7 Å². The molecule has 0 bridgehead atoms. The second-order valence-corrected chi connectivity index (χ2v) is 6.07. The maximum Gasteiger partial charge on any atom is 0.335 e. The number of rotatable bonds is 6. The average molecular weight is 355 g/mol. The lowest BCUT2D eigenvalue weighted by Gasteiger charge is -2.22. The molecule has 6 nitrogen and oxygen atoms in total. The fourth-order valence-corrected chi connectivity index (χ4v) is 3.00. The molecule has 1 heterocycles. The fraction of sp³-hybridized carbons (Fsp3) is 0.300. The maximum atomic E-state index is 12.5. The number of carbonyl (C=O) groups is 2. The summed E-state index contributed by atoms with van der Waals surface area (Å²) in [4.78, 5) is 23.7. The zero-order chi connectivity index (χ0) is 18.5. The number of ether oxygens (including phenoxy) is 2. The van der Waals surface area contributed by atoms with E-state index >= 15 is 0 Å². The molecule has 1 atom stereocenters. The van der Waals surface area contributed by atoms with E-state index in [0.717, 1.165) is 5.56 Å². The van der Waals surface area contributed by atoms with E-state index in [1.807, 2.05) is 25.1 Å².